The Balaban J connectivity index is 2.43. The number of nitrogens with one attached hydrogen (secondary N) is 2. The lowest BCUT2D eigenvalue weighted by atomic mass is 9.91. The van der Waals surface area contributed by atoms with Gasteiger partial charge in [0.25, 0.3) is 0 Å². The summed E-state index contributed by atoms with van der Waals surface area (Å²) in [5.41, 5.74) is -0.585. The standard InChI is InChI=1S/C12H12F2N2O3/c1-12(16-11(18)19)4-6-2-8(13)9(14)3-7(6)5-15-10(12)17/h2-3,16H,4-5H2,1H3,(H,15,17)(H,18,19). The summed E-state index contributed by atoms with van der Waals surface area (Å²) in [7, 11) is 0. The topological polar surface area (TPSA) is 78.4 Å². The van der Waals surface area contributed by atoms with Crippen LogP contribution in [0.25, 0.3) is 0 Å². The summed E-state index contributed by atoms with van der Waals surface area (Å²) in [5.74, 6) is -2.56. The fourth-order valence-corrected chi connectivity index (χ4v) is 2.13. The van der Waals surface area contributed by atoms with Gasteiger partial charge in [-0.2, -0.15) is 0 Å². The molecule has 3 N–H and O–H groups in total. The Morgan fingerprint density at radius 1 is 1.37 bits per heavy atom. The number of fused-ring (bicyclic) bond motifs is 1. The molecule has 2 amide bonds. The SMILES string of the molecule is CC1(NC(=O)O)Cc2cc(F)c(F)cc2CNC1=O. The minimum absolute atomic E-state index is 0.0300. The van der Waals surface area contributed by atoms with Gasteiger partial charge in [-0.15, -0.1) is 0 Å². The Bertz CT molecular complexity index is 562. The van der Waals surface area contributed by atoms with E-state index in [1.54, 1.807) is 0 Å². The molecule has 0 radical (unpaired) electrons. The van der Waals surface area contributed by atoms with E-state index in [1.807, 2.05) is 0 Å². The molecule has 1 aromatic rings. The molecule has 102 valence electrons. The van der Waals surface area contributed by atoms with E-state index in [0.29, 0.717) is 11.1 Å². The quantitative estimate of drug-likeness (QED) is 0.716. The van der Waals surface area contributed by atoms with Crippen LogP contribution in [0.3, 0.4) is 0 Å². The van der Waals surface area contributed by atoms with Gasteiger partial charge in [0.15, 0.2) is 11.6 Å². The summed E-state index contributed by atoms with van der Waals surface area (Å²) >= 11 is 0. The van der Waals surface area contributed by atoms with E-state index in [1.165, 1.54) is 6.92 Å². The van der Waals surface area contributed by atoms with Crippen LogP contribution in [0.15, 0.2) is 12.1 Å². The molecule has 19 heavy (non-hydrogen) atoms. The Morgan fingerprint density at radius 3 is 2.53 bits per heavy atom. The summed E-state index contributed by atoms with van der Waals surface area (Å²) < 4.78 is 26.4. The molecule has 1 aromatic carbocycles. The van der Waals surface area contributed by atoms with E-state index in [4.69, 9.17) is 5.11 Å². The maximum absolute atomic E-state index is 13.2. The van der Waals surface area contributed by atoms with Crippen LogP contribution in [0.5, 0.6) is 0 Å². The molecular formula is C12H12F2N2O3. The number of benzene rings is 1. The van der Waals surface area contributed by atoms with Crippen LogP contribution in [0.4, 0.5) is 13.6 Å². The van der Waals surface area contributed by atoms with Crippen molar-refractivity contribution in [2.24, 2.45) is 0 Å². The van der Waals surface area contributed by atoms with E-state index >= 15 is 0 Å². The number of carbonyl (C=O) groups is 2. The summed E-state index contributed by atoms with van der Waals surface area (Å²) in [6.07, 6.45) is -1.40. The number of hydrogen-bond acceptors (Lipinski definition) is 2. The van der Waals surface area contributed by atoms with Crippen LogP contribution in [-0.2, 0) is 17.8 Å². The van der Waals surface area contributed by atoms with Crippen molar-refractivity contribution in [3.8, 4) is 0 Å². The molecule has 0 fully saturated rings. The summed E-state index contributed by atoms with van der Waals surface area (Å²) in [4.78, 5) is 22.6. The van der Waals surface area contributed by atoms with Crippen molar-refractivity contribution < 1.29 is 23.5 Å². The Hall–Kier alpha value is -2.18. The lowest BCUT2D eigenvalue weighted by molar-refractivity contribution is -0.126. The molecule has 0 saturated heterocycles. The first-order valence-electron chi connectivity index (χ1n) is 5.58. The number of halogens is 2. The van der Waals surface area contributed by atoms with E-state index in [-0.39, 0.29) is 13.0 Å². The number of carboxylic acid groups (broad SMARTS) is 1. The van der Waals surface area contributed by atoms with Crippen LogP contribution in [0, 0.1) is 11.6 Å². The molecule has 2 rings (SSSR count). The summed E-state index contributed by atoms with van der Waals surface area (Å²) in [6, 6.07) is 2.00. The monoisotopic (exact) mass is 270 g/mol. The van der Waals surface area contributed by atoms with E-state index in [2.05, 4.69) is 10.6 Å². The minimum atomic E-state index is -1.42. The highest BCUT2D eigenvalue weighted by atomic mass is 19.2. The molecule has 5 nitrogen and oxygen atoms in total. The van der Waals surface area contributed by atoms with Gasteiger partial charge >= 0.3 is 6.09 Å². The van der Waals surface area contributed by atoms with Crippen molar-refractivity contribution in [3.63, 3.8) is 0 Å². The van der Waals surface area contributed by atoms with Gasteiger partial charge in [-0.25, -0.2) is 13.6 Å². The third kappa shape index (κ3) is 2.49. The highest BCUT2D eigenvalue weighted by Crippen LogP contribution is 2.23. The van der Waals surface area contributed by atoms with Gasteiger partial charge in [-0.05, 0) is 30.2 Å². The van der Waals surface area contributed by atoms with Crippen LogP contribution in [0.1, 0.15) is 18.1 Å². The number of hydrogen-bond donors (Lipinski definition) is 3. The second-order valence-electron chi connectivity index (χ2n) is 4.66. The molecule has 0 aromatic heterocycles. The molecule has 7 heteroatoms. The first kappa shape index (κ1) is 13.3. The molecule has 0 aliphatic carbocycles. The zero-order chi connectivity index (χ0) is 14.2. The van der Waals surface area contributed by atoms with Gasteiger partial charge in [-0.1, -0.05) is 0 Å². The second-order valence-corrected chi connectivity index (χ2v) is 4.66. The average Bonchev–Trinajstić information content (AvgIpc) is 2.39. The highest BCUT2D eigenvalue weighted by Gasteiger charge is 2.38. The van der Waals surface area contributed by atoms with Crippen LogP contribution < -0.4 is 10.6 Å². The van der Waals surface area contributed by atoms with Crippen molar-refractivity contribution in [2.45, 2.75) is 25.4 Å². The fraction of sp³-hybridized carbons (Fsp3) is 0.333. The molecular weight excluding hydrogens is 258 g/mol. The minimum Gasteiger partial charge on any atom is -0.465 e. The normalized spacial score (nSPS) is 22.2. The molecule has 1 aliphatic rings. The van der Waals surface area contributed by atoms with Crippen LogP contribution >= 0.6 is 0 Å². The lowest BCUT2D eigenvalue weighted by Gasteiger charge is -2.26. The zero-order valence-electron chi connectivity index (χ0n) is 10.1. The van der Waals surface area contributed by atoms with Gasteiger partial charge in [0.05, 0.1) is 0 Å². The predicted molar refractivity (Wildman–Crippen MR) is 61.5 cm³/mol. The van der Waals surface area contributed by atoms with Crippen molar-refractivity contribution in [3.05, 3.63) is 34.9 Å². The van der Waals surface area contributed by atoms with Gasteiger partial charge in [-0.3, -0.25) is 4.79 Å². The van der Waals surface area contributed by atoms with E-state index in [0.717, 1.165) is 12.1 Å². The van der Waals surface area contributed by atoms with Gasteiger partial charge < -0.3 is 15.7 Å². The Kier molecular flexibility index (Phi) is 3.13. The molecule has 1 unspecified atom stereocenters. The van der Waals surface area contributed by atoms with Crippen molar-refractivity contribution in [2.75, 3.05) is 0 Å². The van der Waals surface area contributed by atoms with Crippen molar-refractivity contribution in [1.29, 1.82) is 0 Å². The number of carbonyl (C=O) groups excluding carboxylic acids is 1. The first-order valence-corrected chi connectivity index (χ1v) is 5.58. The maximum atomic E-state index is 13.2. The second kappa shape index (κ2) is 4.49. The number of rotatable bonds is 1. The largest absolute Gasteiger partial charge is 0.465 e. The fourth-order valence-electron chi connectivity index (χ4n) is 2.13. The van der Waals surface area contributed by atoms with Crippen molar-refractivity contribution in [1.82, 2.24) is 10.6 Å². The predicted octanol–water partition coefficient (Wildman–Crippen LogP) is 1.16. The third-order valence-corrected chi connectivity index (χ3v) is 3.11. The molecule has 1 atom stereocenters. The Morgan fingerprint density at radius 2 is 1.95 bits per heavy atom. The zero-order valence-corrected chi connectivity index (χ0v) is 10.1. The molecule has 0 spiro atoms. The smallest absolute Gasteiger partial charge is 0.405 e. The molecule has 0 bridgehead atoms. The molecule has 0 saturated carbocycles. The summed E-state index contributed by atoms with van der Waals surface area (Å²) in [5, 5.41) is 13.4. The van der Waals surface area contributed by atoms with Crippen LogP contribution in [0.2, 0.25) is 0 Å². The summed E-state index contributed by atoms with van der Waals surface area (Å²) in [6.45, 7) is 1.43. The molecule has 1 heterocycles. The third-order valence-electron chi connectivity index (χ3n) is 3.11. The van der Waals surface area contributed by atoms with Gasteiger partial charge in [0, 0.05) is 13.0 Å². The highest BCUT2D eigenvalue weighted by molar-refractivity contribution is 5.90. The van der Waals surface area contributed by atoms with Crippen LogP contribution in [-0.4, -0.2) is 22.6 Å². The van der Waals surface area contributed by atoms with Crippen molar-refractivity contribution >= 4 is 12.0 Å². The Labute approximate surface area is 107 Å². The van der Waals surface area contributed by atoms with Gasteiger partial charge in [0.1, 0.15) is 5.54 Å². The maximum Gasteiger partial charge on any atom is 0.405 e. The first-order chi connectivity index (χ1) is 8.82. The lowest BCUT2D eigenvalue weighted by Crippen LogP contribution is -2.56. The van der Waals surface area contributed by atoms with Gasteiger partial charge in [0.2, 0.25) is 5.91 Å². The molecule has 1 aliphatic heterocycles. The average molecular weight is 270 g/mol. The van der Waals surface area contributed by atoms with E-state index in [9.17, 15) is 18.4 Å². The van der Waals surface area contributed by atoms with E-state index < -0.39 is 29.2 Å². The number of amides is 2.